The first kappa shape index (κ1) is 16.0. The minimum atomic E-state index is 0.267. The van der Waals surface area contributed by atoms with E-state index in [9.17, 15) is 0 Å². The Hall–Kier alpha value is -3.19. The second kappa shape index (κ2) is 6.85. The maximum atomic E-state index is 5.41. The van der Waals surface area contributed by atoms with E-state index in [-0.39, 0.29) is 6.79 Å². The Morgan fingerprint density at radius 2 is 2.04 bits per heavy atom. The number of aromatic nitrogens is 3. The number of anilines is 2. The molecule has 0 atom stereocenters. The number of nitrogens with one attached hydrogen (secondary N) is 1. The van der Waals surface area contributed by atoms with Crippen LogP contribution in [0.4, 0.5) is 11.6 Å². The predicted molar refractivity (Wildman–Crippen MR) is 99.9 cm³/mol. The molecule has 0 unspecified atom stereocenters. The molecule has 4 heterocycles. The van der Waals surface area contributed by atoms with Crippen molar-refractivity contribution in [1.29, 1.82) is 0 Å². The SMILES string of the molecule is c1ccc(CN2CCc3nc(Nc4ccc5c(c4)OCO5)ncc3C2)nc1. The maximum Gasteiger partial charge on any atom is 0.231 e. The van der Waals surface area contributed by atoms with Crippen LogP contribution in [0, 0.1) is 0 Å². The fourth-order valence-electron chi connectivity index (χ4n) is 3.39. The number of benzene rings is 1. The molecule has 3 aromatic rings. The lowest BCUT2D eigenvalue weighted by atomic mass is 10.1. The third kappa shape index (κ3) is 3.41. The average molecular weight is 361 g/mol. The van der Waals surface area contributed by atoms with E-state index in [1.165, 1.54) is 5.56 Å². The Morgan fingerprint density at radius 1 is 1.07 bits per heavy atom. The molecule has 1 aromatic carbocycles. The van der Waals surface area contributed by atoms with E-state index in [1.807, 2.05) is 42.7 Å². The molecule has 2 aromatic heterocycles. The topological polar surface area (TPSA) is 72.4 Å². The molecule has 0 radical (unpaired) electrons. The second-order valence-corrected chi connectivity index (χ2v) is 6.64. The maximum absolute atomic E-state index is 5.41. The summed E-state index contributed by atoms with van der Waals surface area (Å²) in [5, 5.41) is 3.25. The predicted octanol–water partition coefficient (Wildman–Crippen LogP) is 2.90. The molecular weight excluding hydrogens is 342 g/mol. The molecule has 0 bridgehead atoms. The van der Waals surface area contributed by atoms with Gasteiger partial charge in [0.15, 0.2) is 11.5 Å². The van der Waals surface area contributed by atoms with Crippen molar-refractivity contribution < 1.29 is 9.47 Å². The third-order valence-corrected chi connectivity index (χ3v) is 4.75. The molecule has 0 saturated carbocycles. The number of nitrogens with zero attached hydrogens (tertiary/aromatic N) is 4. The van der Waals surface area contributed by atoms with Gasteiger partial charge < -0.3 is 14.8 Å². The Kier molecular flexibility index (Phi) is 4.06. The minimum Gasteiger partial charge on any atom is -0.454 e. The average Bonchev–Trinajstić information content (AvgIpc) is 3.17. The van der Waals surface area contributed by atoms with Crippen molar-refractivity contribution in [3.05, 3.63) is 65.7 Å². The number of hydrogen-bond donors (Lipinski definition) is 1. The molecule has 27 heavy (non-hydrogen) atoms. The van der Waals surface area contributed by atoms with Gasteiger partial charge >= 0.3 is 0 Å². The summed E-state index contributed by atoms with van der Waals surface area (Å²) in [7, 11) is 0. The summed E-state index contributed by atoms with van der Waals surface area (Å²) in [4.78, 5) is 16.0. The van der Waals surface area contributed by atoms with Crippen molar-refractivity contribution in [3.63, 3.8) is 0 Å². The first-order valence-corrected chi connectivity index (χ1v) is 8.97. The van der Waals surface area contributed by atoms with Gasteiger partial charge in [0, 0.05) is 55.8 Å². The van der Waals surface area contributed by atoms with Crippen LogP contribution in [0.1, 0.15) is 17.0 Å². The van der Waals surface area contributed by atoms with E-state index < -0.39 is 0 Å². The van der Waals surface area contributed by atoms with Gasteiger partial charge in [-0.3, -0.25) is 9.88 Å². The van der Waals surface area contributed by atoms with Crippen LogP contribution >= 0.6 is 0 Å². The van der Waals surface area contributed by atoms with Gasteiger partial charge in [-0.25, -0.2) is 9.97 Å². The van der Waals surface area contributed by atoms with Crippen LogP contribution in [0.15, 0.2) is 48.8 Å². The monoisotopic (exact) mass is 361 g/mol. The van der Waals surface area contributed by atoms with Gasteiger partial charge in [0.25, 0.3) is 0 Å². The minimum absolute atomic E-state index is 0.267. The van der Waals surface area contributed by atoms with E-state index in [2.05, 4.69) is 26.3 Å². The molecule has 0 spiro atoms. The van der Waals surface area contributed by atoms with Gasteiger partial charge in [-0.15, -0.1) is 0 Å². The Labute approximate surface area is 157 Å². The highest BCUT2D eigenvalue weighted by molar-refractivity contribution is 5.60. The largest absolute Gasteiger partial charge is 0.454 e. The summed E-state index contributed by atoms with van der Waals surface area (Å²) in [5.74, 6) is 2.11. The van der Waals surface area contributed by atoms with Crippen molar-refractivity contribution in [3.8, 4) is 11.5 Å². The molecule has 2 aliphatic rings. The van der Waals surface area contributed by atoms with Crippen molar-refractivity contribution in [2.75, 3.05) is 18.7 Å². The second-order valence-electron chi connectivity index (χ2n) is 6.64. The Balaban J connectivity index is 1.28. The van der Waals surface area contributed by atoms with Crippen molar-refractivity contribution in [2.45, 2.75) is 19.5 Å². The standard InChI is InChI=1S/C20H19N5O2/c1-2-7-21-16(3-1)12-25-8-6-17-14(11-25)10-22-20(24-17)23-15-4-5-18-19(9-15)27-13-26-18/h1-5,7,9-10H,6,8,11-13H2,(H,22,23,24). The van der Waals surface area contributed by atoms with E-state index in [0.717, 1.165) is 54.6 Å². The summed E-state index contributed by atoms with van der Waals surface area (Å²) in [6.07, 6.45) is 4.66. The number of rotatable bonds is 4. The molecular formula is C20H19N5O2. The molecule has 0 saturated heterocycles. The Morgan fingerprint density at radius 3 is 2.96 bits per heavy atom. The van der Waals surface area contributed by atoms with Crippen molar-refractivity contribution in [1.82, 2.24) is 19.9 Å². The molecule has 7 nitrogen and oxygen atoms in total. The van der Waals surface area contributed by atoms with Gasteiger partial charge in [-0.2, -0.15) is 0 Å². The number of fused-ring (bicyclic) bond motifs is 2. The number of ether oxygens (including phenoxy) is 2. The molecule has 5 rings (SSSR count). The van der Waals surface area contributed by atoms with Gasteiger partial charge in [0.2, 0.25) is 12.7 Å². The summed E-state index contributed by atoms with van der Waals surface area (Å²) < 4.78 is 10.8. The van der Waals surface area contributed by atoms with Crippen LogP contribution in [-0.4, -0.2) is 33.2 Å². The summed E-state index contributed by atoms with van der Waals surface area (Å²) in [6, 6.07) is 11.8. The van der Waals surface area contributed by atoms with E-state index in [0.29, 0.717) is 5.95 Å². The van der Waals surface area contributed by atoms with Crippen LogP contribution in [0.25, 0.3) is 0 Å². The zero-order valence-corrected chi connectivity index (χ0v) is 14.8. The molecule has 0 aliphatic carbocycles. The van der Waals surface area contributed by atoms with Gasteiger partial charge in [0.1, 0.15) is 0 Å². The molecule has 2 aliphatic heterocycles. The van der Waals surface area contributed by atoms with Gasteiger partial charge in [-0.05, 0) is 24.3 Å². The molecule has 7 heteroatoms. The van der Waals surface area contributed by atoms with E-state index >= 15 is 0 Å². The highest BCUT2D eigenvalue weighted by Gasteiger charge is 2.19. The fourth-order valence-corrected chi connectivity index (χ4v) is 3.39. The normalized spacial score (nSPS) is 15.4. The van der Waals surface area contributed by atoms with Crippen molar-refractivity contribution >= 4 is 11.6 Å². The smallest absolute Gasteiger partial charge is 0.231 e. The first-order valence-electron chi connectivity index (χ1n) is 8.97. The third-order valence-electron chi connectivity index (χ3n) is 4.75. The molecule has 1 N–H and O–H groups in total. The van der Waals surface area contributed by atoms with Crippen LogP contribution in [-0.2, 0) is 19.5 Å². The number of hydrogen-bond acceptors (Lipinski definition) is 7. The molecule has 0 fully saturated rings. The summed E-state index contributed by atoms with van der Waals surface area (Å²) in [5.41, 5.74) is 4.24. The summed E-state index contributed by atoms with van der Waals surface area (Å²) >= 11 is 0. The van der Waals surface area contributed by atoms with Crippen LogP contribution in [0.2, 0.25) is 0 Å². The van der Waals surface area contributed by atoms with Crippen molar-refractivity contribution in [2.24, 2.45) is 0 Å². The first-order chi connectivity index (χ1) is 13.3. The van der Waals surface area contributed by atoms with Gasteiger partial charge in [-0.1, -0.05) is 6.07 Å². The zero-order valence-electron chi connectivity index (χ0n) is 14.8. The van der Waals surface area contributed by atoms with Crippen LogP contribution in [0.3, 0.4) is 0 Å². The fraction of sp³-hybridized carbons (Fsp3) is 0.250. The lowest BCUT2D eigenvalue weighted by Gasteiger charge is -2.27. The van der Waals surface area contributed by atoms with Crippen LogP contribution in [0.5, 0.6) is 11.5 Å². The zero-order chi connectivity index (χ0) is 18.1. The van der Waals surface area contributed by atoms with E-state index in [4.69, 9.17) is 14.5 Å². The molecule has 0 amide bonds. The Bertz CT molecular complexity index is 964. The van der Waals surface area contributed by atoms with E-state index in [1.54, 1.807) is 0 Å². The highest BCUT2D eigenvalue weighted by Crippen LogP contribution is 2.34. The lowest BCUT2D eigenvalue weighted by Crippen LogP contribution is -2.31. The number of pyridine rings is 1. The quantitative estimate of drug-likeness (QED) is 0.766. The lowest BCUT2D eigenvalue weighted by molar-refractivity contribution is 0.174. The summed E-state index contributed by atoms with van der Waals surface area (Å²) in [6.45, 7) is 2.92. The van der Waals surface area contributed by atoms with Gasteiger partial charge in [0.05, 0.1) is 11.4 Å². The molecule has 136 valence electrons. The highest BCUT2D eigenvalue weighted by atomic mass is 16.7. The van der Waals surface area contributed by atoms with Crippen LogP contribution < -0.4 is 14.8 Å².